The SMILES string of the molecule is Cc1cnc(C(=O)N2CCc3ncnc(-c4ccoc4)c3CC2)cn1. The van der Waals surface area contributed by atoms with Crippen molar-refractivity contribution in [3.63, 3.8) is 0 Å². The van der Waals surface area contributed by atoms with E-state index in [2.05, 4.69) is 19.9 Å². The minimum atomic E-state index is -0.0990. The first kappa shape index (κ1) is 15.4. The maximum Gasteiger partial charge on any atom is 0.274 e. The molecule has 0 aromatic carbocycles. The van der Waals surface area contributed by atoms with Crippen molar-refractivity contribution in [3.8, 4) is 11.3 Å². The summed E-state index contributed by atoms with van der Waals surface area (Å²) in [6.07, 6.45) is 9.42. The Hall–Kier alpha value is -3.09. The summed E-state index contributed by atoms with van der Waals surface area (Å²) in [5.74, 6) is -0.0990. The molecule has 0 fully saturated rings. The van der Waals surface area contributed by atoms with E-state index in [1.807, 2.05) is 13.0 Å². The summed E-state index contributed by atoms with van der Waals surface area (Å²) >= 11 is 0. The molecule has 0 atom stereocenters. The normalized spacial score (nSPS) is 14.0. The van der Waals surface area contributed by atoms with E-state index < -0.39 is 0 Å². The Morgan fingerprint density at radius 3 is 2.76 bits per heavy atom. The topological polar surface area (TPSA) is 85.0 Å². The Morgan fingerprint density at radius 2 is 2.00 bits per heavy atom. The van der Waals surface area contributed by atoms with E-state index in [1.54, 1.807) is 30.0 Å². The van der Waals surface area contributed by atoms with Gasteiger partial charge < -0.3 is 9.32 Å². The van der Waals surface area contributed by atoms with Gasteiger partial charge in [0.05, 0.1) is 30.1 Å². The van der Waals surface area contributed by atoms with Crippen LogP contribution in [0.2, 0.25) is 0 Å². The van der Waals surface area contributed by atoms with Crippen LogP contribution in [0.1, 0.15) is 27.4 Å². The quantitative estimate of drug-likeness (QED) is 0.713. The Bertz CT molecular complexity index is 890. The molecule has 7 heteroatoms. The molecular weight excluding hydrogens is 318 g/mol. The standard InChI is InChI=1S/C18H17N5O2/c1-12-8-20-16(9-19-12)18(24)23-5-2-14-15(3-6-23)21-11-22-17(14)13-4-7-25-10-13/h4,7-11H,2-3,5-6H2,1H3. The maximum absolute atomic E-state index is 12.7. The van der Waals surface area contributed by atoms with Gasteiger partial charge in [0.15, 0.2) is 0 Å². The second-order valence-corrected chi connectivity index (χ2v) is 5.99. The zero-order valence-corrected chi connectivity index (χ0v) is 13.8. The molecule has 4 rings (SSSR count). The highest BCUT2D eigenvalue weighted by molar-refractivity contribution is 5.92. The molecule has 0 spiro atoms. The molecule has 4 heterocycles. The molecule has 1 aliphatic rings. The van der Waals surface area contributed by atoms with Crippen LogP contribution in [0.25, 0.3) is 11.3 Å². The summed E-state index contributed by atoms with van der Waals surface area (Å²) in [5.41, 5.74) is 5.04. The first-order chi connectivity index (χ1) is 12.2. The number of hydrogen-bond donors (Lipinski definition) is 0. The predicted octanol–water partition coefficient (Wildman–Crippen LogP) is 2.08. The first-order valence-corrected chi connectivity index (χ1v) is 8.15. The number of aryl methyl sites for hydroxylation is 1. The number of rotatable bonds is 2. The Balaban J connectivity index is 1.59. The van der Waals surface area contributed by atoms with Gasteiger partial charge in [-0.3, -0.25) is 9.78 Å². The van der Waals surface area contributed by atoms with Crippen LogP contribution >= 0.6 is 0 Å². The molecule has 0 saturated heterocycles. The Morgan fingerprint density at radius 1 is 1.12 bits per heavy atom. The molecule has 0 N–H and O–H groups in total. The number of amides is 1. The summed E-state index contributed by atoms with van der Waals surface area (Å²) in [7, 11) is 0. The number of carbonyl (C=O) groups is 1. The van der Waals surface area contributed by atoms with Crippen molar-refractivity contribution in [3.05, 3.63) is 60.0 Å². The lowest BCUT2D eigenvalue weighted by molar-refractivity contribution is 0.0756. The van der Waals surface area contributed by atoms with Crippen LogP contribution in [0, 0.1) is 6.92 Å². The van der Waals surface area contributed by atoms with Crippen LogP contribution in [0.15, 0.2) is 41.7 Å². The second kappa shape index (κ2) is 6.43. The van der Waals surface area contributed by atoms with Gasteiger partial charge in [-0.15, -0.1) is 0 Å². The number of nitrogens with zero attached hydrogens (tertiary/aromatic N) is 5. The first-order valence-electron chi connectivity index (χ1n) is 8.15. The molecule has 1 aliphatic heterocycles. The average molecular weight is 335 g/mol. The van der Waals surface area contributed by atoms with Gasteiger partial charge >= 0.3 is 0 Å². The molecule has 126 valence electrons. The van der Waals surface area contributed by atoms with Crippen molar-refractivity contribution in [1.29, 1.82) is 0 Å². The van der Waals surface area contributed by atoms with E-state index in [4.69, 9.17) is 4.42 Å². The van der Waals surface area contributed by atoms with Crippen LogP contribution in [0.3, 0.4) is 0 Å². The highest BCUT2D eigenvalue weighted by Gasteiger charge is 2.24. The molecular formula is C18H17N5O2. The van der Waals surface area contributed by atoms with Crippen molar-refractivity contribution >= 4 is 5.91 Å². The summed E-state index contributed by atoms with van der Waals surface area (Å²) in [6.45, 7) is 3.04. The fourth-order valence-corrected chi connectivity index (χ4v) is 3.04. The minimum absolute atomic E-state index is 0.0990. The van der Waals surface area contributed by atoms with Crippen LogP contribution in [-0.4, -0.2) is 43.8 Å². The monoisotopic (exact) mass is 335 g/mol. The van der Waals surface area contributed by atoms with Crippen molar-refractivity contribution < 1.29 is 9.21 Å². The van der Waals surface area contributed by atoms with Crippen molar-refractivity contribution in [1.82, 2.24) is 24.8 Å². The minimum Gasteiger partial charge on any atom is -0.472 e. The van der Waals surface area contributed by atoms with Crippen LogP contribution < -0.4 is 0 Å². The predicted molar refractivity (Wildman–Crippen MR) is 89.8 cm³/mol. The van der Waals surface area contributed by atoms with Crippen molar-refractivity contribution in [2.75, 3.05) is 13.1 Å². The number of furan rings is 1. The molecule has 0 radical (unpaired) electrons. The van der Waals surface area contributed by atoms with Gasteiger partial charge in [0.2, 0.25) is 0 Å². The Labute approximate surface area is 144 Å². The molecule has 3 aromatic rings. The smallest absolute Gasteiger partial charge is 0.274 e. The van der Waals surface area contributed by atoms with Gasteiger partial charge in [-0.05, 0) is 19.4 Å². The zero-order chi connectivity index (χ0) is 17.2. The summed E-state index contributed by atoms with van der Waals surface area (Å²) in [4.78, 5) is 31.7. The number of aromatic nitrogens is 4. The van der Waals surface area contributed by atoms with Gasteiger partial charge in [0.25, 0.3) is 5.91 Å². The summed E-state index contributed by atoms with van der Waals surface area (Å²) < 4.78 is 5.18. The van der Waals surface area contributed by atoms with Gasteiger partial charge in [-0.1, -0.05) is 0 Å². The van der Waals surface area contributed by atoms with Gasteiger partial charge in [-0.25, -0.2) is 15.0 Å². The molecule has 3 aromatic heterocycles. The lowest BCUT2D eigenvalue weighted by Crippen LogP contribution is -2.34. The number of fused-ring (bicyclic) bond motifs is 1. The third-order valence-corrected chi connectivity index (χ3v) is 4.37. The fraction of sp³-hybridized carbons (Fsp3) is 0.278. The van der Waals surface area contributed by atoms with E-state index in [-0.39, 0.29) is 5.91 Å². The molecule has 0 unspecified atom stereocenters. The fourth-order valence-electron chi connectivity index (χ4n) is 3.04. The van der Waals surface area contributed by atoms with E-state index >= 15 is 0 Å². The van der Waals surface area contributed by atoms with Crippen LogP contribution in [-0.2, 0) is 12.8 Å². The van der Waals surface area contributed by atoms with E-state index in [9.17, 15) is 4.79 Å². The van der Waals surface area contributed by atoms with E-state index in [0.29, 0.717) is 31.6 Å². The van der Waals surface area contributed by atoms with Gasteiger partial charge in [0, 0.05) is 42.5 Å². The Kier molecular flexibility index (Phi) is 3.97. The second-order valence-electron chi connectivity index (χ2n) is 5.99. The van der Waals surface area contributed by atoms with Crippen LogP contribution in [0.4, 0.5) is 0 Å². The summed E-state index contributed by atoms with van der Waals surface area (Å²) in [5, 5.41) is 0. The van der Waals surface area contributed by atoms with E-state index in [0.717, 1.165) is 28.2 Å². The molecule has 7 nitrogen and oxygen atoms in total. The number of carbonyl (C=O) groups excluding carboxylic acids is 1. The third-order valence-electron chi connectivity index (χ3n) is 4.37. The highest BCUT2D eigenvalue weighted by Crippen LogP contribution is 2.26. The molecule has 1 amide bonds. The molecule has 0 bridgehead atoms. The van der Waals surface area contributed by atoms with Gasteiger partial charge in [0.1, 0.15) is 12.0 Å². The van der Waals surface area contributed by atoms with Crippen LogP contribution in [0.5, 0.6) is 0 Å². The average Bonchev–Trinajstić information content (AvgIpc) is 3.08. The van der Waals surface area contributed by atoms with Crippen molar-refractivity contribution in [2.45, 2.75) is 19.8 Å². The number of hydrogen-bond acceptors (Lipinski definition) is 6. The lowest BCUT2D eigenvalue weighted by Gasteiger charge is -2.19. The molecule has 25 heavy (non-hydrogen) atoms. The summed E-state index contributed by atoms with van der Waals surface area (Å²) in [6, 6.07) is 1.89. The lowest BCUT2D eigenvalue weighted by atomic mass is 10.0. The molecule has 0 aliphatic carbocycles. The third kappa shape index (κ3) is 3.00. The highest BCUT2D eigenvalue weighted by atomic mass is 16.3. The van der Waals surface area contributed by atoms with Crippen molar-refractivity contribution in [2.24, 2.45) is 0 Å². The van der Waals surface area contributed by atoms with Gasteiger partial charge in [-0.2, -0.15) is 0 Å². The zero-order valence-electron chi connectivity index (χ0n) is 13.8. The van der Waals surface area contributed by atoms with E-state index in [1.165, 1.54) is 6.20 Å². The molecule has 0 saturated carbocycles. The maximum atomic E-state index is 12.7. The largest absolute Gasteiger partial charge is 0.472 e.